The summed E-state index contributed by atoms with van der Waals surface area (Å²) >= 11 is 0. The zero-order valence-electron chi connectivity index (χ0n) is 11.0. The van der Waals surface area contributed by atoms with Gasteiger partial charge in [-0.2, -0.15) is 0 Å². The Morgan fingerprint density at radius 3 is 2.61 bits per heavy atom. The molecule has 5 heteroatoms. The van der Waals surface area contributed by atoms with Crippen LogP contribution >= 0.6 is 12.4 Å². The third-order valence-corrected chi connectivity index (χ3v) is 2.66. The lowest BCUT2D eigenvalue weighted by atomic mass is 10.1. The first-order chi connectivity index (χ1) is 8.04. The summed E-state index contributed by atoms with van der Waals surface area (Å²) in [7, 11) is 1.65. The van der Waals surface area contributed by atoms with E-state index < -0.39 is 0 Å². The average molecular weight is 273 g/mol. The van der Waals surface area contributed by atoms with Crippen molar-refractivity contribution in [1.82, 2.24) is 5.32 Å². The molecule has 1 rings (SSSR count). The zero-order chi connectivity index (χ0) is 12.8. The molecule has 0 heterocycles. The molecule has 1 amide bonds. The molecule has 0 aromatic heterocycles. The lowest BCUT2D eigenvalue weighted by Gasteiger charge is -2.19. The van der Waals surface area contributed by atoms with Gasteiger partial charge in [0.15, 0.2) is 0 Å². The highest BCUT2D eigenvalue weighted by Gasteiger charge is 2.14. The van der Waals surface area contributed by atoms with Gasteiger partial charge in [0.2, 0.25) is 0 Å². The number of nitrogens with one attached hydrogen (secondary N) is 1. The average Bonchev–Trinajstić information content (AvgIpc) is 2.29. The highest BCUT2D eigenvalue weighted by atomic mass is 35.5. The number of nitrogens with two attached hydrogens (primary N) is 1. The number of benzene rings is 1. The maximum Gasteiger partial charge on any atom is 0.251 e. The molecule has 0 spiro atoms. The molecule has 0 radical (unpaired) electrons. The summed E-state index contributed by atoms with van der Waals surface area (Å²) in [6.45, 7) is 4.61. The molecule has 0 fully saturated rings. The smallest absolute Gasteiger partial charge is 0.251 e. The van der Waals surface area contributed by atoms with E-state index in [1.54, 1.807) is 31.4 Å². The summed E-state index contributed by atoms with van der Waals surface area (Å²) < 4.78 is 5.28. The SMILES string of the molecule is COC(CNC(=O)c1cccc(N)c1)C(C)C.Cl. The Hall–Kier alpha value is -1.26. The molecule has 1 atom stereocenters. The van der Waals surface area contributed by atoms with Crippen molar-refractivity contribution >= 4 is 24.0 Å². The molecule has 0 saturated heterocycles. The number of methoxy groups -OCH3 is 1. The molecule has 18 heavy (non-hydrogen) atoms. The van der Waals surface area contributed by atoms with Crippen molar-refractivity contribution in [3.63, 3.8) is 0 Å². The zero-order valence-corrected chi connectivity index (χ0v) is 11.8. The minimum Gasteiger partial charge on any atom is -0.399 e. The molecule has 0 saturated carbocycles. The Kier molecular flexibility index (Phi) is 7.39. The molecular weight excluding hydrogens is 252 g/mol. The first-order valence-corrected chi connectivity index (χ1v) is 5.71. The van der Waals surface area contributed by atoms with Crippen molar-refractivity contribution in [3.05, 3.63) is 29.8 Å². The quantitative estimate of drug-likeness (QED) is 0.807. The number of halogens is 1. The van der Waals surface area contributed by atoms with E-state index in [-0.39, 0.29) is 24.4 Å². The molecule has 0 aliphatic carbocycles. The highest BCUT2D eigenvalue weighted by molar-refractivity contribution is 5.94. The lowest BCUT2D eigenvalue weighted by Crippen LogP contribution is -2.36. The number of hydrogen-bond acceptors (Lipinski definition) is 3. The van der Waals surface area contributed by atoms with E-state index in [1.165, 1.54) is 0 Å². The number of amides is 1. The minimum atomic E-state index is -0.125. The van der Waals surface area contributed by atoms with Gasteiger partial charge in [0.25, 0.3) is 5.91 Å². The van der Waals surface area contributed by atoms with Gasteiger partial charge < -0.3 is 15.8 Å². The first-order valence-electron chi connectivity index (χ1n) is 5.71. The predicted molar refractivity (Wildman–Crippen MR) is 76.1 cm³/mol. The van der Waals surface area contributed by atoms with Crippen molar-refractivity contribution in [2.45, 2.75) is 20.0 Å². The Balaban J connectivity index is 0.00000289. The van der Waals surface area contributed by atoms with Crippen LogP contribution < -0.4 is 11.1 Å². The number of anilines is 1. The van der Waals surface area contributed by atoms with Gasteiger partial charge in [-0.05, 0) is 24.1 Å². The minimum absolute atomic E-state index is 0. The van der Waals surface area contributed by atoms with Crippen molar-refractivity contribution in [1.29, 1.82) is 0 Å². The van der Waals surface area contributed by atoms with Gasteiger partial charge >= 0.3 is 0 Å². The number of ether oxygens (including phenoxy) is 1. The van der Waals surface area contributed by atoms with E-state index in [1.807, 2.05) is 0 Å². The van der Waals surface area contributed by atoms with Crippen LogP contribution in [0.1, 0.15) is 24.2 Å². The van der Waals surface area contributed by atoms with Gasteiger partial charge in [0, 0.05) is 24.9 Å². The molecule has 1 unspecified atom stereocenters. The van der Waals surface area contributed by atoms with Crippen molar-refractivity contribution < 1.29 is 9.53 Å². The number of hydrogen-bond donors (Lipinski definition) is 2. The fourth-order valence-corrected chi connectivity index (χ4v) is 1.57. The summed E-state index contributed by atoms with van der Waals surface area (Å²) in [5.74, 6) is 0.237. The number of carbonyl (C=O) groups excluding carboxylic acids is 1. The largest absolute Gasteiger partial charge is 0.399 e. The summed E-state index contributed by atoms with van der Waals surface area (Å²) in [4.78, 5) is 11.8. The molecule has 0 bridgehead atoms. The molecule has 0 aliphatic heterocycles. The molecule has 0 aliphatic rings. The summed E-state index contributed by atoms with van der Waals surface area (Å²) in [5, 5.41) is 2.84. The second-order valence-corrected chi connectivity index (χ2v) is 4.35. The second kappa shape index (κ2) is 7.95. The molecular formula is C13H21ClN2O2. The van der Waals surface area contributed by atoms with E-state index >= 15 is 0 Å². The summed E-state index contributed by atoms with van der Waals surface area (Å²) in [6, 6.07) is 6.92. The van der Waals surface area contributed by atoms with Gasteiger partial charge in [-0.3, -0.25) is 4.79 Å². The van der Waals surface area contributed by atoms with Crippen LogP contribution in [0.4, 0.5) is 5.69 Å². The maximum atomic E-state index is 11.8. The van der Waals surface area contributed by atoms with Gasteiger partial charge in [-0.25, -0.2) is 0 Å². The van der Waals surface area contributed by atoms with Crippen LogP contribution in [-0.2, 0) is 4.74 Å². The Labute approximate surface area is 114 Å². The third-order valence-electron chi connectivity index (χ3n) is 2.66. The van der Waals surface area contributed by atoms with Crippen molar-refractivity contribution in [2.24, 2.45) is 5.92 Å². The number of rotatable bonds is 5. The van der Waals surface area contributed by atoms with Gasteiger partial charge in [-0.15, -0.1) is 12.4 Å². The Bertz CT molecular complexity index is 383. The van der Waals surface area contributed by atoms with Crippen LogP contribution in [0, 0.1) is 5.92 Å². The monoisotopic (exact) mass is 272 g/mol. The van der Waals surface area contributed by atoms with Crippen LogP contribution in [0.3, 0.4) is 0 Å². The van der Waals surface area contributed by atoms with Crippen molar-refractivity contribution in [2.75, 3.05) is 19.4 Å². The van der Waals surface area contributed by atoms with E-state index in [0.29, 0.717) is 23.7 Å². The molecule has 1 aromatic rings. The van der Waals surface area contributed by atoms with Crippen LogP contribution in [0.25, 0.3) is 0 Å². The lowest BCUT2D eigenvalue weighted by molar-refractivity contribution is 0.0605. The number of nitrogen functional groups attached to an aromatic ring is 1. The van der Waals surface area contributed by atoms with E-state index in [9.17, 15) is 4.79 Å². The maximum absolute atomic E-state index is 11.8. The molecule has 4 nitrogen and oxygen atoms in total. The van der Waals surface area contributed by atoms with E-state index in [2.05, 4.69) is 19.2 Å². The second-order valence-electron chi connectivity index (χ2n) is 4.35. The number of carbonyl (C=O) groups is 1. The molecule has 102 valence electrons. The topological polar surface area (TPSA) is 64.3 Å². The van der Waals surface area contributed by atoms with E-state index in [0.717, 1.165) is 0 Å². The summed E-state index contributed by atoms with van der Waals surface area (Å²) in [6.07, 6.45) is 0.0278. The normalized spacial score (nSPS) is 11.8. The van der Waals surface area contributed by atoms with Gasteiger partial charge in [0.1, 0.15) is 0 Å². The third kappa shape index (κ3) is 4.94. The van der Waals surface area contributed by atoms with Gasteiger partial charge in [-0.1, -0.05) is 19.9 Å². The van der Waals surface area contributed by atoms with E-state index in [4.69, 9.17) is 10.5 Å². The molecule has 3 N–H and O–H groups in total. The fourth-order valence-electron chi connectivity index (χ4n) is 1.57. The van der Waals surface area contributed by atoms with Crippen LogP contribution in [-0.4, -0.2) is 25.7 Å². The predicted octanol–water partition coefficient (Wildman–Crippen LogP) is 2.09. The Morgan fingerprint density at radius 1 is 1.44 bits per heavy atom. The Morgan fingerprint density at radius 2 is 2.11 bits per heavy atom. The molecule has 1 aromatic carbocycles. The summed E-state index contributed by atoms with van der Waals surface area (Å²) in [5.41, 5.74) is 6.78. The van der Waals surface area contributed by atoms with Crippen LogP contribution in [0.2, 0.25) is 0 Å². The standard InChI is InChI=1S/C13H20N2O2.ClH/c1-9(2)12(17-3)8-15-13(16)10-5-4-6-11(14)7-10;/h4-7,9,12H,8,14H2,1-3H3,(H,15,16);1H. The van der Waals surface area contributed by atoms with Crippen LogP contribution in [0.5, 0.6) is 0 Å². The fraction of sp³-hybridized carbons (Fsp3) is 0.462. The highest BCUT2D eigenvalue weighted by Crippen LogP contribution is 2.07. The van der Waals surface area contributed by atoms with Gasteiger partial charge in [0.05, 0.1) is 6.10 Å². The first kappa shape index (κ1) is 16.7. The van der Waals surface area contributed by atoms with Crippen LogP contribution in [0.15, 0.2) is 24.3 Å². The van der Waals surface area contributed by atoms with Crippen molar-refractivity contribution in [3.8, 4) is 0 Å².